The molecule has 0 radical (unpaired) electrons. The summed E-state index contributed by atoms with van der Waals surface area (Å²) >= 11 is 11.6. The number of aliphatic carboxylic acids is 1. The summed E-state index contributed by atoms with van der Waals surface area (Å²) in [5.74, 6) is -2.39. The number of carboxylic acids is 1. The Labute approximate surface area is 135 Å². The Balaban J connectivity index is 2.24. The molecule has 2 rings (SSSR count). The van der Waals surface area contributed by atoms with E-state index in [0.717, 1.165) is 12.1 Å². The Morgan fingerprint density at radius 3 is 2.23 bits per heavy atom. The summed E-state index contributed by atoms with van der Waals surface area (Å²) in [6, 6.07) is 7.73. The lowest BCUT2D eigenvalue weighted by Gasteiger charge is -2.15. The van der Waals surface area contributed by atoms with Gasteiger partial charge >= 0.3 is 5.97 Å². The molecular formula is C15H10Cl2FNO3. The molecule has 0 saturated carbocycles. The van der Waals surface area contributed by atoms with Gasteiger partial charge in [0.05, 0.1) is 10.0 Å². The maximum Gasteiger partial charge on any atom is 0.330 e. The highest BCUT2D eigenvalue weighted by molar-refractivity contribution is 6.42. The van der Waals surface area contributed by atoms with Gasteiger partial charge in [0.25, 0.3) is 5.91 Å². The van der Waals surface area contributed by atoms with Crippen molar-refractivity contribution >= 4 is 35.1 Å². The van der Waals surface area contributed by atoms with E-state index in [1.807, 2.05) is 0 Å². The second kappa shape index (κ2) is 6.77. The fourth-order valence-electron chi connectivity index (χ4n) is 1.79. The SMILES string of the molecule is O=C(N[C@H](C(=O)O)c1ccc(F)cc1)c1ccc(Cl)c(Cl)c1. The van der Waals surface area contributed by atoms with Crippen molar-refractivity contribution in [2.45, 2.75) is 6.04 Å². The lowest BCUT2D eigenvalue weighted by molar-refractivity contribution is -0.139. The number of amides is 1. The van der Waals surface area contributed by atoms with Crippen molar-refractivity contribution in [1.29, 1.82) is 0 Å². The summed E-state index contributed by atoms with van der Waals surface area (Å²) in [5, 5.41) is 12.1. The van der Waals surface area contributed by atoms with Crippen molar-refractivity contribution in [2.75, 3.05) is 0 Å². The Hall–Kier alpha value is -2.11. The van der Waals surface area contributed by atoms with Crippen molar-refractivity contribution in [1.82, 2.24) is 5.32 Å². The Bertz CT molecular complexity index is 719. The van der Waals surface area contributed by atoms with Crippen molar-refractivity contribution < 1.29 is 19.1 Å². The van der Waals surface area contributed by atoms with Crippen LogP contribution in [-0.4, -0.2) is 17.0 Å². The quantitative estimate of drug-likeness (QED) is 0.891. The van der Waals surface area contributed by atoms with Crippen LogP contribution in [0.25, 0.3) is 0 Å². The highest BCUT2D eigenvalue weighted by Gasteiger charge is 2.23. The van der Waals surface area contributed by atoms with Gasteiger partial charge in [0.15, 0.2) is 6.04 Å². The molecule has 0 heterocycles. The standard InChI is InChI=1S/C15H10Cl2FNO3/c16-11-6-3-9(7-12(11)17)14(20)19-13(15(21)22)8-1-4-10(18)5-2-8/h1-7,13H,(H,19,20)(H,21,22)/t13-/m0/s1. The molecule has 0 aliphatic heterocycles. The summed E-state index contributed by atoms with van der Waals surface area (Å²) in [5.41, 5.74) is 0.421. The normalized spacial score (nSPS) is 11.8. The van der Waals surface area contributed by atoms with E-state index in [2.05, 4.69) is 5.32 Å². The lowest BCUT2D eigenvalue weighted by Crippen LogP contribution is -2.33. The predicted molar refractivity (Wildman–Crippen MR) is 80.7 cm³/mol. The molecule has 0 aromatic heterocycles. The monoisotopic (exact) mass is 341 g/mol. The van der Waals surface area contributed by atoms with Gasteiger partial charge in [-0.2, -0.15) is 0 Å². The molecule has 0 saturated heterocycles. The number of carbonyl (C=O) groups is 2. The van der Waals surface area contributed by atoms with Gasteiger partial charge in [-0.25, -0.2) is 9.18 Å². The van der Waals surface area contributed by atoms with Crippen molar-refractivity contribution in [3.05, 3.63) is 69.5 Å². The second-order valence-electron chi connectivity index (χ2n) is 4.43. The average molecular weight is 342 g/mol. The minimum absolute atomic E-state index is 0.169. The van der Waals surface area contributed by atoms with Gasteiger partial charge in [0.1, 0.15) is 5.82 Å². The molecule has 0 fully saturated rings. The first-order valence-corrected chi connectivity index (χ1v) is 6.88. The van der Waals surface area contributed by atoms with Crippen LogP contribution in [0.3, 0.4) is 0 Å². The van der Waals surface area contributed by atoms with E-state index in [-0.39, 0.29) is 21.2 Å². The molecule has 1 amide bonds. The molecule has 2 N–H and O–H groups in total. The molecule has 7 heteroatoms. The lowest BCUT2D eigenvalue weighted by atomic mass is 10.1. The number of nitrogens with one attached hydrogen (secondary N) is 1. The first kappa shape index (κ1) is 16.3. The van der Waals surface area contributed by atoms with E-state index in [9.17, 15) is 19.1 Å². The third kappa shape index (κ3) is 3.75. The summed E-state index contributed by atoms with van der Waals surface area (Å²) in [7, 11) is 0. The molecule has 0 spiro atoms. The molecule has 2 aromatic rings. The molecule has 0 unspecified atom stereocenters. The first-order valence-electron chi connectivity index (χ1n) is 6.12. The van der Waals surface area contributed by atoms with Gasteiger partial charge in [-0.15, -0.1) is 0 Å². The number of hydrogen-bond acceptors (Lipinski definition) is 2. The molecule has 0 aliphatic rings. The van der Waals surface area contributed by atoms with Gasteiger partial charge in [0, 0.05) is 5.56 Å². The minimum atomic E-state index is -1.30. The molecule has 4 nitrogen and oxygen atoms in total. The highest BCUT2D eigenvalue weighted by atomic mass is 35.5. The van der Waals surface area contributed by atoms with Crippen molar-refractivity contribution in [2.24, 2.45) is 0 Å². The average Bonchev–Trinajstić information content (AvgIpc) is 2.48. The Kier molecular flexibility index (Phi) is 5.00. The number of carboxylic acid groups (broad SMARTS) is 1. The Morgan fingerprint density at radius 1 is 1.05 bits per heavy atom. The molecular weight excluding hydrogens is 332 g/mol. The van der Waals surface area contributed by atoms with Crippen LogP contribution in [0.4, 0.5) is 4.39 Å². The first-order chi connectivity index (χ1) is 10.4. The number of halogens is 3. The van der Waals surface area contributed by atoms with Crippen LogP contribution in [0.2, 0.25) is 10.0 Å². The highest BCUT2D eigenvalue weighted by Crippen LogP contribution is 2.23. The largest absolute Gasteiger partial charge is 0.479 e. The number of benzene rings is 2. The molecule has 2 aromatic carbocycles. The zero-order chi connectivity index (χ0) is 16.3. The maximum atomic E-state index is 12.9. The van der Waals surface area contributed by atoms with E-state index in [1.165, 1.54) is 30.3 Å². The molecule has 114 valence electrons. The summed E-state index contributed by atoms with van der Waals surface area (Å²) in [6.07, 6.45) is 0. The van der Waals surface area contributed by atoms with Gasteiger partial charge < -0.3 is 10.4 Å². The van der Waals surface area contributed by atoms with Crippen LogP contribution < -0.4 is 5.32 Å². The van der Waals surface area contributed by atoms with Gasteiger partial charge in [-0.05, 0) is 35.9 Å². The maximum absolute atomic E-state index is 12.9. The fourth-order valence-corrected chi connectivity index (χ4v) is 2.09. The van der Waals surface area contributed by atoms with E-state index < -0.39 is 23.7 Å². The molecule has 0 bridgehead atoms. The Morgan fingerprint density at radius 2 is 1.68 bits per heavy atom. The number of hydrogen-bond donors (Lipinski definition) is 2. The van der Waals surface area contributed by atoms with Crippen LogP contribution in [-0.2, 0) is 4.79 Å². The van der Waals surface area contributed by atoms with E-state index in [4.69, 9.17) is 23.2 Å². The van der Waals surface area contributed by atoms with Crippen LogP contribution in [0.1, 0.15) is 22.0 Å². The number of rotatable bonds is 4. The van der Waals surface area contributed by atoms with Gasteiger partial charge in [-0.3, -0.25) is 4.79 Å². The fraction of sp³-hybridized carbons (Fsp3) is 0.0667. The second-order valence-corrected chi connectivity index (χ2v) is 5.24. The van der Waals surface area contributed by atoms with Crippen molar-refractivity contribution in [3.63, 3.8) is 0 Å². The minimum Gasteiger partial charge on any atom is -0.479 e. The smallest absolute Gasteiger partial charge is 0.330 e. The molecule has 0 aliphatic carbocycles. The summed E-state index contributed by atoms with van der Waals surface area (Å²) < 4.78 is 12.9. The van der Waals surface area contributed by atoms with Crippen LogP contribution in [0.15, 0.2) is 42.5 Å². The third-order valence-corrected chi connectivity index (χ3v) is 3.65. The summed E-state index contributed by atoms with van der Waals surface area (Å²) in [4.78, 5) is 23.4. The zero-order valence-corrected chi connectivity index (χ0v) is 12.5. The van der Waals surface area contributed by atoms with E-state index >= 15 is 0 Å². The number of carbonyl (C=O) groups excluding carboxylic acids is 1. The van der Waals surface area contributed by atoms with Crippen molar-refractivity contribution in [3.8, 4) is 0 Å². The topological polar surface area (TPSA) is 66.4 Å². The van der Waals surface area contributed by atoms with E-state index in [1.54, 1.807) is 0 Å². The van der Waals surface area contributed by atoms with Gasteiger partial charge in [0.2, 0.25) is 0 Å². The van der Waals surface area contributed by atoms with Gasteiger partial charge in [-0.1, -0.05) is 35.3 Å². The predicted octanol–water partition coefficient (Wildman–Crippen LogP) is 3.69. The van der Waals surface area contributed by atoms with E-state index in [0.29, 0.717) is 0 Å². The zero-order valence-electron chi connectivity index (χ0n) is 11.0. The van der Waals surface area contributed by atoms with Crippen LogP contribution in [0.5, 0.6) is 0 Å². The molecule has 1 atom stereocenters. The molecule has 22 heavy (non-hydrogen) atoms. The van der Waals surface area contributed by atoms with Crippen LogP contribution >= 0.6 is 23.2 Å². The van der Waals surface area contributed by atoms with Crippen LogP contribution in [0, 0.1) is 5.82 Å². The summed E-state index contributed by atoms with van der Waals surface area (Å²) in [6.45, 7) is 0. The third-order valence-electron chi connectivity index (χ3n) is 2.91.